The van der Waals surface area contributed by atoms with E-state index in [9.17, 15) is 14.7 Å². The lowest BCUT2D eigenvalue weighted by atomic mass is 9.66. The van der Waals surface area contributed by atoms with Gasteiger partial charge in [-0.05, 0) is 37.0 Å². The molecule has 3 N–H and O–H groups in total. The average molecular weight is 520 g/mol. The van der Waals surface area contributed by atoms with Crippen molar-refractivity contribution in [3.05, 3.63) is 65.9 Å². The molecule has 2 aliphatic rings. The molecule has 4 atom stereocenters. The summed E-state index contributed by atoms with van der Waals surface area (Å²) < 4.78 is 10.7. The number of esters is 1. The minimum Gasteiger partial charge on any atom is -0.496 e. The van der Waals surface area contributed by atoms with Gasteiger partial charge in [-0.15, -0.1) is 0 Å². The Labute approximate surface area is 223 Å². The van der Waals surface area contributed by atoms with E-state index in [1.165, 1.54) is 7.11 Å². The lowest BCUT2D eigenvalue weighted by Gasteiger charge is -2.52. The molecule has 1 aromatic heterocycles. The van der Waals surface area contributed by atoms with Crippen LogP contribution in [0.5, 0.6) is 5.75 Å². The Morgan fingerprint density at radius 2 is 1.92 bits per heavy atom. The second kappa shape index (κ2) is 11.2. The molecular formula is C30H37N3O5. The molecular weight excluding hydrogens is 482 g/mol. The normalized spacial score (nSPS) is 24.4. The number of aliphatic hydroxyl groups is 1. The van der Waals surface area contributed by atoms with Crippen molar-refractivity contribution in [3.8, 4) is 5.75 Å². The quantitative estimate of drug-likeness (QED) is 0.392. The zero-order chi connectivity index (χ0) is 26.7. The fourth-order valence-corrected chi connectivity index (χ4v) is 6.52. The maximum atomic E-state index is 13.4. The van der Waals surface area contributed by atoms with Crippen LogP contribution in [0.2, 0.25) is 0 Å². The van der Waals surface area contributed by atoms with Crippen molar-refractivity contribution >= 4 is 22.8 Å². The minimum absolute atomic E-state index is 0.00303. The number of aromatic nitrogens is 1. The van der Waals surface area contributed by atoms with Crippen molar-refractivity contribution in [2.24, 2.45) is 5.92 Å². The minimum atomic E-state index is -0.812. The number of aromatic amines is 1. The van der Waals surface area contributed by atoms with E-state index >= 15 is 0 Å². The molecule has 2 fully saturated rings. The summed E-state index contributed by atoms with van der Waals surface area (Å²) in [7, 11) is 2.99. The van der Waals surface area contributed by atoms with Crippen LogP contribution < -0.4 is 10.1 Å². The van der Waals surface area contributed by atoms with Gasteiger partial charge in [0, 0.05) is 47.6 Å². The predicted molar refractivity (Wildman–Crippen MR) is 145 cm³/mol. The maximum Gasteiger partial charge on any atom is 0.328 e. The molecule has 1 aliphatic carbocycles. The predicted octanol–water partition coefficient (Wildman–Crippen LogP) is 3.75. The second-order valence-corrected chi connectivity index (χ2v) is 10.6. The van der Waals surface area contributed by atoms with Gasteiger partial charge in [0.2, 0.25) is 5.91 Å². The highest BCUT2D eigenvalue weighted by atomic mass is 16.5. The van der Waals surface area contributed by atoms with E-state index in [1.54, 1.807) is 7.11 Å². The number of nitrogens with one attached hydrogen (secondary N) is 2. The third-order valence-corrected chi connectivity index (χ3v) is 8.40. The molecule has 8 nitrogen and oxygen atoms in total. The number of hydrogen-bond acceptors (Lipinski definition) is 6. The third-order valence-electron chi connectivity index (χ3n) is 8.40. The Balaban J connectivity index is 1.37. The van der Waals surface area contributed by atoms with E-state index in [0.717, 1.165) is 53.5 Å². The van der Waals surface area contributed by atoms with Crippen molar-refractivity contribution in [2.75, 3.05) is 27.3 Å². The molecule has 1 aliphatic heterocycles. The van der Waals surface area contributed by atoms with Crippen LogP contribution in [-0.2, 0) is 20.7 Å². The van der Waals surface area contributed by atoms with Crippen molar-refractivity contribution < 1.29 is 24.2 Å². The van der Waals surface area contributed by atoms with Crippen molar-refractivity contribution in [1.29, 1.82) is 0 Å². The first-order chi connectivity index (χ1) is 18.4. The van der Waals surface area contributed by atoms with Gasteiger partial charge in [0.1, 0.15) is 11.8 Å². The van der Waals surface area contributed by atoms with E-state index in [2.05, 4.69) is 15.2 Å². The van der Waals surface area contributed by atoms with E-state index in [4.69, 9.17) is 9.47 Å². The van der Waals surface area contributed by atoms with Gasteiger partial charge in [-0.3, -0.25) is 9.69 Å². The molecule has 0 radical (unpaired) electrons. The van der Waals surface area contributed by atoms with E-state index in [1.807, 2.05) is 54.7 Å². The number of hydrogen-bond donors (Lipinski definition) is 3. The molecule has 1 saturated heterocycles. The highest BCUT2D eigenvalue weighted by Crippen LogP contribution is 2.50. The lowest BCUT2D eigenvalue weighted by Crippen LogP contribution is -2.57. The number of benzene rings is 2. The van der Waals surface area contributed by atoms with Gasteiger partial charge >= 0.3 is 5.97 Å². The van der Waals surface area contributed by atoms with Crippen LogP contribution in [0.4, 0.5) is 0 Å². The summed E-state index contributed by atoms with van der Waals surface area (Å²) in [5, 5.41) is 15.5. The summed E-state index contributed by atoms with van der Waals surface area (Å²) in [6.07, 6.45) is 6.54. The highest BCUT2D eigenvalue weighted by Gasteiger charge is 2.49. The first-order valence-electron chi connectivity index (χ1n) is 13.4. The first kappa shape index (κ1) is 26.3. The van der Waals surface area contributed by atoms with E-state index in [-0.39, 0.29) is 24.4 Å². The topological polar surface area (TPSA) is 104 Å². The van der Waals surface area contributed by atoms with Gasteiger partial charge in [-0.2, -0.15) is 0 Å². The Morgan fingerprint density at radius 3 is 2.74 bits per heavy atom. The zero-order valence-electron chi connectivity index (χ0n) is 22.1. The first-order valence-corrected chi connectivity index (χ1v) is 13.4. The molecule has 0 bridgehead atoms. The summed E-state index contributed by atoms with van der Waals surface area (Å²) >= 11 is 0. The van der Waals surface area contributed by atoms with Crippen LogP contribution in [-0.4, -0.2) is 65.8 Å². The molecule has 5 rings (SSSR count). The van der Waals surface area contributed by atoms with E-state index in [0.29, 0.717) is 19.4 Å². The monoisotopic (exact) mass is 519 g/mol. The number of amides is 1. The zero-order valence-corrected chi connectivity index (χ0v) is 22.1. The Morgan fingerprint density at radius 1 is 1.13 bits per heavy atom. The number of likely N-dealkylation sites (tertiary alicyclic amines) is 1. The van der Waals surface area contributed by atoms with Crippen LogP contribution in [0.15, 0.2) is 54.7 Å². The SMILES string of the molecule is COC(=O)C(Cc1c[nH]c2ccccc12)NC(=O)CN1CCC2(O)CCCCC2[C@@H]1c1ccccc1OC. The maximum absolute atomic E-state index is 13.4. The number of piperidine rings is 1. The number of fused-ring (bicyclic) bond motifs is 2. The van der Waals surface area contributed by atoms with Crippen LogP contribution in [0.3, 0.4) is 0 Å². The van der Waals surface area contributed by atoms with Crippen LogP contribution in [0, 0.1) is 5.92 Å². The molecule has 38 heavy (non-hydrogen) atoms. The smallest absolute Gasteiger partial charge is 0.328 e. The Bertz CT molecular complexity index is 1290. The summed E-state index contributed by atoms with van der Waals surface area (Å²) in [6, 6.07) is 14.8. The van der Waals surface area contributed by atoms with Crippen molar-refractivity contribution in [1.82, 2.24) is 15.2 Å². The van der Waals surface area contributed by atoms with Crippen molar-refractivity contribution in [2.45, 2.75) is 56.2 Å². The van der Waals surface area contributed by atoms with E-state index < -0.39 is 17.6 Å². The summed E-state index contributed by atoms with van der Waals surface area (Å²) in [5.41, 5.74) is 2.15. The Hall–Kier alpha value is -3.36. The van der Waals surface area contributed by atoms with Crippen LogP contribution in [0.1, 0.15) is 49.3 Å². The number of ether oxygens (including phenoxy) is 2. The van der Waals surface area contributed by atoms with Gasteiger partial charge in [-0.1, -0.05) is 49.2 Å². The number of carbonyl (C=O) groups is 2. The van der Waals surface area contributed by atoms with Gasteiger partial charge in [0.05, 0.1) is 26.4 Å². The fraction of sp³-hybridized carbons (Fsp3) is 0.467. The fourth-order valence-electron chi connectivity index (χ4n) is 6.52. The molecule has 8 heteroatoms. The van der Waals surface area contributed by atoms with Crippen LogP contribution in [0.25, 0.3) is 10.9 Å². The number of H-pyrrole nitrogens is 1. The number of methoxy groups -OCH3 is 2. The molecule has 1 saturated carbocycles. The van der Waals surface area contributed by atoms with Gasteiger partial charge in [0.25, 0.3) is 0 Å². The standard InChI is InChI=1S/C30H37N3O5/c1-37-26-13-6-4-10-22(26)28-23-11-7-8-14-30(23,36)15-16-33(28)19-27(34)32-25(29(35)38-2)17-20-18-31-24-12-5-3-9-21(20)24/h3-6,9-10,12-13,18,23,25,28,31,36H,7-8,11,14-17,19H2,1-2H3,(H,32,34)/t23?,25?,28-,30?/m0/s1. The highest BCUT2D eigenvalue weighted by molar-refractivity contribution is 5.88. The van der Waals surface area contributed by atoms with Crippen LogP contribution >= 0.6 is 0 Å². The van der Waals surface area contributed by atoms with Gasteiger partial charge in [0.15, 0.2) is 0 Å². The molecule has 202 valence electrons. The summed E-state index contributed by atoms with van der Waals surface area (Å²) in [6.45, 7) is 0.686. The lowest BCUT2D eigenvalue weighted by molar-refractivity contribution is -0.146. The van der Waals surface area contributed by atoms with Gasteiger partial charge in [-0.25, -0.2) is 4.79 Å². The third kappa shape index (κ3) is 5.15. The second-order valence-electron chi connectivity index (χ2n) is 10.6. The average Bonchev–Trinajstić information content (AvgIpc) is 3.35. The van der Waals surface area contributed by atoms with Crippen molar-refractivity contribution in [3.63, 3.8) is 0 Å². The molecule has 1 amide bonds. The molecule has 2 heterocycles. The molecule has 0 spiro atoms. The summed E-state index contributed by atoms with van der Waals surface area (Å²) in [4.78, 5) is 31.5. The molecule has 3 unspecified atom stereocenters. The number of nitrogens with zero attached hydrogens (tertiary/aromatic N) is 1. The number of rotatable bonds is 8. The summed E-state index contributed by atoms with van der Waals surface area (Å²) in [5.74, 6) is 0.0211. The molecule has 2 aromatic carbocycles. The van der Waals surface area contributed by atoms with Gasteiger partial charge < -0.3 is 24.9 Å². The largest absolute Gasteiger partial charge is 0.496 e. The number of para-hydroxylation sites is 2. The number of carbonyl (C=O) groups excluding carboxylic acids is 2. The Kier molecular flexibility index (Phi) is 7.72. The molecule has 3 aromatic rings.